The second-order valence-corrected chi connectivity index (χ2v) is 7.03. The summed E-state index contributed by atoms with van der Waals surface area (Å²) in [6.45, 7) is 4.88. The van der Waals surface area contributed by atoms with Gasteiger partial charge in [0.25, 0.3) is 0 Å². The lowest BCUT2D eigenvalue weighted by molar-refractivity contribution is 1.29. The fraction of sp³-hybridized carbons (Fsp3) is 1.00. The second kappa shape index (κ2) is 2.58. The topological polar surface area (TPSA) is 0 Å². The molecule has 1 aliphatic carbocycles. The van der Waals surface area contributed by atoms with Crippen molar-refractivity contribution < 1.29 is 2.74 Å². The lowest BCUT2D eigenvalue weighted by Gasteiger charge is -2.18. The average molecular weight is 147 g/mol. The molecule has 0 radical (unpaired) electrons. The molecule has 0 atom stereocenters. The van der Waals surface area contributed by atoms with Crippen molar-refractivity contribution in [2.45, 2.75) is 32.3 Å². The molecular formula is C8H18P+. The van der Waals surface area contributed by atoms with Gasteiger partial charge in [0.2, 0.25) is 0 Å². The van der Waals surface area contributed by atoms with E-state index in [4.69, 9.17) is 2.74 Å². The molecule has 1 aliphatic rings. The van der Waals surface area contributed by atoms with Crippen LogP contribution in [0.5, 0.6) is 0 Å². The maximum absolute atomic E-state index is 8.08. The van der Waals surface area contributed by atoms with Gasteiger partial charge in [0.05, 0.1) is 20.7 Å². The Hall–Kier alpha value is 0.430. The van der Waals surface area contributed by atoms with Gasteiger partial charge in [-0.25, -0.2) is 0 Å². The third kappa shape index (κ3) is 1.46. The first kappa shape index (κ1) is 5.13. The van der Waals surface area contributed by atoms with Crippen LogP contribution in [0, 0.1) is 0 Å². The van der Waals surface area contributed by atoms with Gasteiger partial charge in [-0.05, 0) is 26.7 Å². The SMILES string of the molecule is [2H]C[P+](CC)(CC)C1([2H])CC1. The van der Waals surface area contributed by atoms with Gasteiger partial charge in [0.1, 0.15) is 0 Å². The first-order chi connectivity index (χ1) is 5.14. The van der Waals surface area contributed by atoms with Crippen LogP contribution in [0.3, 0.4) is 0 Å². The van der Waals surface area contributed by atoms with E-state index >= 15 is 0 Å². The Morgan fingerprint density at radius 2 is 2.11 bits per heavy atom. The molecule has 0 amide bonds. The van der Waals surface area contributed by atoms with Crippen molar-refractivity contribution in [3.05, 3.63) is 0 Å². The predicted octanol–water partition coefficient (Wildman–Crippen LogP) is 2.84. The zero-order valence-corrected chi connectivity index (χ0v) is 7.38. The summed E-state index contributed by atoms with van der Waals surface area (Å²) < 4.78 is 15.6. The van der Waals surface area contributed by atoms with Crippen LogP contribution in [0.25, 0.3) is 0 Å². The van der Waals surface area contributed by atoms with Gasteiger partial charge in [-0.15, -0.1) is 0 Å². The molecule has 0 heterocycles. The molecule has 0 nitrogen and oxygen atoms in total. The number of hydrogen-bond donors (Lipinski definition) is 0. The van der Waals surface area contributed by atoms with Gasteiger partial charge in [0, 0.05) is 13.9 Å². The minimum absolute atomic E-state index is 0.113. The van der Waals surface area contributed by atoms with Crippen LogP contribution in [0.2, 0.25) is 0 Å². The average Bonchev–Trinajstić information content (AvgIpc) is 2.74. The van der Waals surface area contributed by atoms with E-state index < -0.39 is 7.26 Å². The first-order valence-corrected chi connectivity index (χ1v) is 6.14. The van der Waals surface area contributed by atoms with Crippen molar-refractivity contribution >= 4 is 7.26 Å². The minimum Gasteiger partial charge on any atom is -0.0311 e. The Labute approximate surface area is 62.2 Å². The summed E-state index contributed by atoms with van der Waals surface area (Å²) >= 11 is 0. The predicted molar refractivity (Wildman–Crippen MR) is 46.9 cm³/mol. The van der Waals surface area contributed by atoms with Gasteiger partial charge >= 0.3 is 0 Å². The van der Waals surface area contributed by atoms with Gasteiger partial charge in [0.15, 0.2) is 0 Å². The summed E-state index contributed by atoms with van der Waals surface area (Å²) in [5.74, 6) is 0. The Kier molecular flexibility index (Phi) is 1.47. The summed E-state index contributed by atoms with van der Waals surface area (Å²) in [5, 5.41) is 0. The second-order valence-electron chi connectivity index (χ2n) is 2.84. The van der Waals surface area contributed by atoms with E-state index in [1.165, 1.54) is 0 Å². The highest BCUT2D eigenvalue weighted by Gasteiger charge is 2.45. The van der Waals surface area contributed by atoms with Gasteiger partial charge in [-0.1, -0.05) is 0 Å². The molecule has 1 heteroatoms. The fourth-order valence-electron chi connectivity index (χ4n) is 1.20. The van der Waals surface area contributed by atoms with E-state index in [1.54, 1.807) is 0 Å². The zero-order chi connectivity index (χ0) is 8.54. The number of hydrogen-bond acceptors (Lipinski definition) is 0. The molecular weight excluding hydrogens is 127 g/mol. The highest BCUT2D eigenvalue weighted by molar-refractivity contribution is 7.76. The summed E-state index contributed by atoms with van der Waals surface area (Å²) in [5.41, 5.74) is -0.113. The largest absolute Gasteiger partial charge is 0.0745 e. The summed E-state index contributed by atoms with van der Waals surface area (Å²) in [6, 6.07) is 0. The molecule has 0 spiro atoms. The quantitative estimate of drug-likeness (QED) is 0.538. The lowest BCUT2D eigenvalue weighted by Crippen LogP contribution is -2.02. The van der Waals surface area contributed by atoms with Crippen molar-refractivity contribution in [2.75, 3.05) is 19.0 Å². The molecule has 0 aromatic carbocycles. The minimum atomic E-state index is -1.18. The Morgan fingerprint density at radius 1 is 1.56 bits per heavy atom. The molecule has 1 rings (SSSR count). The summed E-state index contributed by atoms with van der Waals surface area (Å²) in [6.07, 6.45) is 4.36. The molecule has 1 saturated carbocycles. The van der Waals surface area contributed by atoms with Gasteiger partial charge in [-0.3, -0.25) is 0 Å². The van der Waals surface area contributed by atoms with Crippen LogP contribution >= 0.6 is 7.26 Å². The smallest absolute Gasteiger partial charge is 0.0311 e. The zero-order valence-electron chi connectivity index (χ0n) is 8.48. The molecule has 54 valence electrons. The molecule has 0 unspecified atom stereocenters. The molecule has 1 fully saturated rings. The van der Waals surface area contributed by atoms with Crippen LogP contribution in [0.1, 0.15) is 29.4 Å². The van der Waals surface area contributed by atoms with E-state index in [2.05, 4.69) is 13.8 Å². The van der Waals surface area contributed by atoms with Gasteiger partial charge < -0.3 is 0 Å². The van der Waals surface area contributed by atoms with Crippen LogP contribution in [-0.2, 0) is 0 Å². The Balaban J connectivity index is 2.71. The van der Waals surface area contributed by atoms with E-state index in [0.29, 0.717) is 6.64 Å². The molecule has 9 heavy (non-hydrogen) atoms. The van der Waals surface area contributed by atoms with Crippen LogP contribution in [0.4, 0.5) is 0 Å². The lowest BCUT2D eigenvalue weighted by atomic mass is 10.9. The third-order valence-corrected chi connectivity index (χ3v) is 6.57. The van der Waals surface area contributed by atoms with E-state index in [9.17, 15) is 0 Å². The van der Waals surface area contributed by atoms with Crippen LogP contribution in [-0.4, -0.2) is 24.6 Å². The van der Waals surface area contributed by atoms with E-state index in [-0.39, 0.29) is 5.64 Å². The molecule has 0 aromatic heterocycles. The van der Waals surface area contributed by atoms with E-state index in [1.807, 2.05) is 0 Å². The maximum atomic E-state index is 8.08. The fourth-order valence-corrected chi connectivity index (χ4v) is 3.60. The monoisotopic (exact) mass is 147 g/mol. The Morgan fingerprint density at radius 3 is 2.22 bits per heavy atom. The van der Waals surface area contributed by atoms with Gasteiger partial charge in [-0.2, -0.15) is 0 Å². The van der Waals surface area contributed by atoms with Crippen molar-refractivity contribution in [2.24, 2.45) is 0 Å². The van der Waals surface area contributed by atoms with Crippen molar-refractivity contribution in [3.8, 4) is 0 Å². The van der Waals surface area contributed by atoms with Crippen molar-refractivity contribution in [1.82, 2.24) is 0 Å². The summed E-state index contributed by atoms with van der Waals surface area (Å²) in [4.78, 5) is 0. The molecule has 0 N–H and O–H groups in total. The molecule has 0 bridgehead atoms. The van der Waals surface area contributed by atoms with E-state index in [0.717, 1.165) is 25.2 Å². The van der Waals surface area contributed by atoms with Crippen LogP contribution in [0.15, 0.2) is 0 Å². The molecule has 0 aliphatic heterocycles. The number of rotatable bonds is 3. The van der Waals surface area contributed by atoms with Crippen LogP contribution < -0.4 is 0 Å². The summed E-state index contributed by atoms with van der Waals surface area (Å²) in [7, 11) is -1.18. The normalized spacial score (nSPS) is 26.9. The molecule has 0 aromatic rings. The third-order valence-electron chi connectivity index (χ3n) is 2.36. The highest BCUT2D eigenvalue weighted by Crippen LogP contribution is 2.67. The van der Waals surface area contributed by atoms with Crippen molar-refractivity contribution in [1.29, 1.82) is 0 Å². The Bertz CT molecular complexity index is 131. The molecule has 0 saturated heterocycles. The standard InChI is InChI=1S/C8H18P/c1-4-9(3,5-2)8-6-7-8/h8H,4-7H2,1-3H3/q+1/i3D,8D. The van der Waals surface area contributed by atoms with Crippen molar-refractivity contribution in [3.63, 3.8) is 0 Å². The highest BCUT2D eigenvalue weighted by atomic mass is 31.2. The maximum Gasteiger partial charge on any atom is 0.0745 e. The first-order valence-electron chi connectivity index (χ1n) is 5.00.